The van der Waals surface area contributed by atoms with Gasteiger partial charge in [-0.15, -0.1) is 5.06 Å². The molecule has 2 aromatic rings. The number of ether oxygens (including phenoxy) is 2. The summed E-state index contributed by atoms with van der Waals surface area (Å²) in [7, 11) is 0. The van der Waals surface area contributed by atoms with Crippen LogP contribution in [0.4, 0.5) is 10.5 Å². The Hall–Kier alpha value is -3.59. The van der Waals surface area contributed by atoms with Crippen molar-refractivity contribution in [3.05, 3.63) is 65.2 Å². The number of nitrogens with zero attached hydrogens (tertiary/aromatic N) is 3. The highest BCUT2D eigenvalue weighted by atomic mass is 16.8. The van der Waals surface area contributed by atoms with Gasteiger partial charge in [-0.1, -0.05) is 37.3 Å². The third-order valence-corrected chi connectivity index (χ3v) is 8.26. The standard InChI is InChI=1S/C29H33N3O6/c1-2-19-36-27(35)38-32-17-15-30(16-18-32)22-9-7-21(8-10-22)28(11-12-28)26(34)31-14-13-29(20-31)24-6-4-3-5-23(24)25(33)37-29/h3-10H,2,11-20H2,1H3. The van der Waals surface area contributed by atoms with E-state index in [1.54, 1.807) is 11.1 Å². The molecule has 1 amide bonds. The summed E-state index contributed by atoms with van der Waals surface area (Å²) in [5.41, 5.74) is 2.43. The van der Waals surface area contributed by atoms with E-state index in [1.165, 1.54) is 0 Å². The van der Waals surface area contributed by atoms with Crippen LogP contribution in [-0.2, 0) is 30.1 Å². The number of benzene rings is 2. The van der Waals surface area contributed by atoms with Crippen LogP contribution >= 0.6 is 0 Å². The molecular weight excluding hydrogens is 486 g/mol. The molecule has 1 aliphatic carbocycles. The highest BCUT2D eigenvalue weighted by molar-refractivity contribution is 5.96. The quantitative estimate of drug-likeness (QED) is 0.535. The van der Waals surface area contributed by atoms with Crippen molar-refractivity contribution < 1.29 is 28.7 Å². The van der Waals surface area contributed by atoms with Gasteiger partial charge in [-0.2, -0.15) is 0 Å². The fourth-order valence-corrected chi connectivity index (χ4v) is 6.00. The Morgan fingerprint density at radius 3 is 2.39 bits per heavy atom. The maximum absolute atomic E-state index is 13.8. The average Bonchev–Trinajstić information content (AvgIpc) is 3.58. The van der Waals surface area contributed by atoms with E-state index in [0.717, 1.165) is 49.2 Å². The Bertz CT molecular complexity index is 1240. The van der Waals surface area contributed by atoms with Crippen LogP contribution in [0.1, 0.15) is 54.1 Å². The third-order valence-electron chi connectivity index (χ3n) is 8.26. The summed E-state index contributed by atoms with van der Waals surface area (Å²) in [6.45, 7) is 5.92. The molecule has 3 heterocycles. The zero-order valence-electron chi connectivity index (χ0n) is 21.7. The number of likely N-dealkylation sites (tertiary alicyclic amines) is 1. The van der Waals surface area contributed by atoms with Crippen molar-refractivity contribution in [3.8, 4) is 0 Å². The van der Waals surface area contributed by atoms with Gasteiger partial charge >= 0.3 is 12.1 Å². The summed E-state index contributed by atoms with van der Waals surface area (Å²) in [5.74, 6) is -0.168. The minimum Gasteiger partial charge on any atom is -0.449 e. The molecule has 0 aromatic heterocycles. The predicted molar refractivity (Wildman–Crippen MR) is 139 cm³/mol. The number of hydrogen-bond donors (Lipinski definition) is 0. The van der Waals surface area contributed by atoms with Gasteiger partial charge in [0.25, 0.3) is 0 Å². The first-order valence-electron chi connectivity index (χ1n) is 13.5. The first-order valence-corrected chi connectivity index (χ1v) is 13.5. The summed E-state index contributed by atoms with van der Waals surface area (Å²) >= 11 is 0. The molecule has 4 aliphatic rings. The van der Waals surface area contributed by atoms with Gasteiger partial charge in [0.05, 0.1) is 37.2 Å². The number of piperazine rings is 1. The SMILES string of the molecule is CCCOC(=O)ON1CCN(c2ccc(C3(C(=O)N4CCC5(C4)OC(=O)c4ccccc45)CC3)cc2)CC1. The van der Waals surface area contributed by atoms with Gasteiger partial charge < -0.3 is 24.1 Å². The van der Waals surface area contributed by atoms with Crippen molar-refractivity contribution in [1.29, 1.82) is 0 Å². The number of anilines is 1. The van der Waals surface area contributed by atoms with E-state index in [0.29, 0.717) is 44.8 Å². The van der Waals surface area contributed by atoms with Crippen molar-refractivity contribution in [2.75, 3.05) is 50.8 Å². The van der Waals surface area contributed by atoms with E-state index in [1.807, 2.05) is 30.0 Å². The minimum atomic E-state index is -0.720. The number of carbonyl (C=O) groups is 3. The van der Waals surface area contributed by atoms with Gasteiger partial charge in [-0.05, 0) is 43.0 Å². The van der Waals surface area contributed by atoms with E-state index in [2.05, 4.69) is 29.2 Å². The van der Waals surface area contributed by atoms with Gasteiger partial charge in [0.15, 0.2) is 5.60 Å². The number of fused-ring (bicyclic) bond motifs is 2. The molecule has 1 unspecified atom stereocenters. The van der Waals surface area contributed by atoms with Gasteiger partial charge in [-0.3, -0.25) is 4.79 Å². The van der Waals surface area contributed by atoms with Crippen LogP contribution < -0.4 is 4.90 Å². The summed E-state index contributed by atoms with van der Waals surface area (Å²) in [5, 5.41) is 1.64. The molecule has 1 atom stereocenters. The Morgan fingerprint density at radius 2 is 1.68 bits per heavy atom. The Kier molecular flexibility index (Phi) is 6.26. The zero-order chi connectivity index (χ0) is 26.3. The van der Waals surface area contributed by atoms with Crippen LogP contribution in [0.25, 0.3) is 0 Å². The lowest BCUT2D eigenvalue weighted by Crippen LogP contribution is -2.47. The molecule has 1 spiro atoms. The summed E-state index contributed by atoms with van der Waals surface area (Å²) in [6.07, 6.45) is 2.39. The molecule has 9 heteroatoms. The smallest absolute Gasteiger partial charge is 0.449 e. The van der Waals surface area contributed by atoms with Crippen molar-refractivity contribution >= 4 is 23.7 Å². The van der Waals surface area contributed by atoms with Crippen LogP contribution in [0.15, 0.2) is 48.5 Å². The van der Waals surface area contributed by atoms with Gasteiger partial charge in [0.1, 0.15) is 0 Å². The van der Waals surface area contributed by atoms with Crippen LogP contribution in [0.2, 0.25) is 0 Å². The van der Waals surface area contributed by atoms with Gasteiger partial charge in [0, 0.05) is 37.3 Å². The highest BCUT2D eigenvalue weighted by Crippen LogP contribution is 2.52. The summed E-state index contributed by atoms with van der Waals surface area (Å²) < 4.78 is 10.8. The number of amides is 1. The number of esters is 1. The van der Waals surface area contributed by atoms with Crippen molar-refractivity contribution in [2.24, 2.45) is 0 Å². The molecule has 6 rings (SSSR count). The van der Waals surface area contributed by atoms with E-state index in [-0.39, 0.29) is 11.9 Å². The van der Waals surface area contributed by atoms with E-state index < -0.39 is 17.2 Å². The molecule has 3 aliphatic heterocycles. The minimum absolute atomic E-state index is 0.128. The average molecular weight is 520 g/mol. The monoisotopic (exact) mass is 519 g/mol. The maximum Gasteiger partial charge on any atom is 0.527 e. The molecule has 2 aromatic carbocycles. The first-order chi connectivity index (χ1) is 18.4. The normalized spacial score (nSPS) is 23.8. The van der Waals surface area contributed by atoms with E-state index in [4.69, 9.17) is 14.3 Å². The Balaban J connectivity index is 1.08. The number of hydroxylamine groups is 2. The second-order valence-electron chi connectivity index (χ2n) is 10.6. The number of carbonyl (C=O) groups excluding carboxylic acids is 3. The van der Waals surface area contributed by atoms with E-state index >= 15 is 0 Å². The van der Waals surface area contributed by atoms with Crippen LogP contribution in [0.5, 0.6) is 0 Å². The lowest BCUT2D eigenvalue weighted by molar-refractivity contribution is -0.134. The fourth-order valence-electron chi connectivity index (χ4n) is 6.00. The lowest BCUT2D eigenvalue weighted by atomic mass is 9.91. The molecule has 9 nitrogen and oxygen atoms in total. The number of rotatable bonds is 6. The second kappa shape index (κ2) is 9.62. The van der Waals surface area contributed by atoms with Gasteiger partial charge in [-0.25, -0.2) is 9.59 Å². The van der Waals surface area contributed by atoms with E-state index in [9.17, 15) is 14.4 Å². The largest absolute Gasteiger partial charge is 0.527 e. The third kappa shape index (κ3) is 4.28. The van der Waals surface area contributed by atoms with Crippen molar-refractivity contribution in [3.63, 3.8) is 0 Å². The lowest BCUT2D eigenvalue weighted by Gasteiger charge is -2.34. The molecule has 0 bridgehead atoms. The Morgan fingerprint density at radius 1 is 0.947 bits per heavy atom. The van der Waals surface area contributed by atoms with Crippen LogP contribution in [-0.4, -0.2) is 73.9 Å². The molecule has 2 saturated heterocycles. The summed E-state index contributed by atoms with van der Waals surface area (Å²) in [6, 6.07) is 15.8. The van der Waals surface area contributed by atoms with Gasteiger partial charge in [0.2, 0.25) is 5.91 Å². The zero-order valence-corrected chi connectivity index (χ0v) is 21.7. The summed E-state index contributed by atoms with van der Waals surface area (Å²) in [4.78, 5) is 47.3. The van der Waals surface area contributed by atoms with Crippen molar-refractivity contribution in [2.45, 2.75) is 43.6 Å². The fraction of sp³-hybridized carbons (Fsp3) is 0.483. The molecule has 3 fully saturated rings. The second-order valence-corrected chi connectivity index (χ2v) is 10.6. The molecule has 38 heavy (non-hydrogen) atoms. The van der Waals surface area contributed by atoms with Crippen LogP contribution in [0, 0.1) is 0 Å². The molecular formula is C29H33N3O6. The molecule has 0 N–H and O–H groups in total. The maximum atomic E-state index is 13.8. The predicted octanol–water partition coefficient (Wildman–Crippen LogP) is 3.62. The number of hydrogen-bond acceptors (Lipinski definition) is 8. The molecule has 0 radical (unpaired) electrons. The molecule has 200 valence electrons. The first kappa shape index (κ1) is 24.7. The topological polar surface area (TPSA) is 88.6 Å². The molecule has 1 saturated carbocycles. The highest BCUT2D eigenvalue weighted by Gasteiger charge is 2.57. The van der Waals surface area contributed by atoms with Crippen LogP contribution in [0.3, 0.4) is 0 Å². The Labute approximate surface area is 222 Å². The van der Waals surface area contributed by atoms with Crippen molar-refractivity contribution in [1.82, 2.24) is 9.96 Å².